The number of amides is 1. The van der Waals surface area contributed by atoms with Gasteiger partial charge in [0.1, 0.15) is 0 Å². The van der Waals surface area contributed by atoms with E-state index in [1.165, 1.54) is 11.1 Å². The zero-order valence-corrected chi connectivity index (χ0v) is 14.7. The molecule has 0 spiro atoms. The van der Waals surface area contributed by atoms with Crippen LogP contribution in [0.2, 0.25) is 0 Å². The lowest BCUT2D eigenvalue weighted by Gasteiger charge is -2.36. The van der Waals surface area contributed by atoms with E-state index >= 15 is 0 Å². The van der Waals surface area contributed by atoms with E-state index < -0.39 is 0 Å². The van der Waals surface area contributed by atoms with Crippen molar-refractivity contribution in [2.45, 2.75) is 32.4 Å². The third-order valence-electron chi connectivity index (χ3n) is 4.36. The number of carbonyl (C=O) groups excluding carboxylic acids is 1. The normalized spacial score (nSPS) is 17.4. The van der Waals surface area contributed by atoms with Gasteiger partial charge in [0.25, 0.3) is 0 Å². The Hall–Kier alpha value is -1.92. The molecule has 130 valence electrons. The number of hydrogen-bond acceptors (Lipinski definition) is 4. The van der Waals surface area contributed by atoms with E-state index in [1.807, 2.05) is 4.90 Å². The minimum atomic E-state index is 0. The van der Waals surface area contributed by atoms with Gasteiger partial charge in [0, 0.05) is 32.3 Å². The van der Waals surface area contributed by atoms with Gasteiger partial charge in [-0.3, -0.25) is 9.48 Å². The lowest BCUT2D eigenvalue weighted by molar-refractivity contribution is -0.134. The fourth-order valence-corrected chi connectivity index (χ4v) is 2.98. The minimum absolute atomic E-state index is 0. The highest BCUT2D eigenvalue weighted by Gasteiger charge is 2.27. The Labute approximate surface area is 148 Å². The van der Waals surface area contributed by atoms with Crippen LogP contribution in [0.4, 0.5) is 0 Å². The first kappa shape index (κ1) is 18.4. The Morgan fingerprint density at radius 2 is 2.12 bits per heavy atom. The first-order chi connectivity index (χ1) is 11.3. The van der Waals surface area contributed by atoms with Crippen LogP contribution in [-0.2, 0) is 17.8 Å². The molecule has 1 amide bonds. The summed E-state index contributed by atoms with van der Waals surface area (Å²) in [7, 11) is 0. The number of rotatable bonds is 5. The Bertz CT molecular complexity index is 629. The lowest BCUT2D eigenvalue weighted by atomic mass is 10.0. The maximum Gasteiger partial charge on any atom is 0.225 e. The van der Waals surface area contributed by atoms with Gasteiger partial charge in [0.15, 0.2) is 0 Å². The molecule has 0 saturated carbocycles. The van der Waals surface area contributed by atoms with Gasteiger partial charge in [0.05, 0.1) is 18.8 Å². The van der Waals surface area contributed by atoms with Crippen molar-refractivity contribution in [3.63, 3.8) is 0 Å². The number of halogens is 1. The highest BCUT2D eigenvalue weighted by Crippen LogP contribution is 2.23. The molecule has 24 heavy (non-hydrogen) atoms. The van der Waals surface area contributed by atoms with E-state index in [1.54, 1.807) is 17.1 Å². The van der Waals surface area contributed by atoms with Gasteiger partial charge in [-0.25, -0.2) is 0 Å². The van der Waals surface area contributed by atoms with E-state index in [0.29, 0.717) is 13.0 Å². The van der Waals surface area contributed by atoms with Crippen molar-refractivity contribution in [3.05, 3.63) is 47.8 Å². The van der Waals surface area contributed by atoms with Crippen molar-refractivity contribution in [1.82, 2.24) is 25.2 Å². The molecule has 1 aromatic heterocycles. The lowest BCUT2D eigenvalue weighted by Crippen LogP contribution is -2.48. The number of piperazine rings is 1. The van der Waals surface area contributed by atoms with Gasteiger partial charge in [-0.2, -0.15) is 0 Å². The van der Waals surface area contributed by atoms with E-state index in [-0.39, 0.29) is 24.4 Å². The molecule has 1 aromatic carbocycles. The molecular formula is C17H24ClN5O. The van der Waals surface area contributed by atoms with Gasteiger partial charge in [-0.15, -0.1) is 17.5 Å². The van der Waals surface area contributed by atoms with Crippen LogP contribution >= 0.6 is 12.4 Å². The average molecular weight is 350 g/mol. The van der Waals surface area contributed by atoms with Crippen LogP contribution in [0.25, 0.3) is 0 Å². The minimum Gasteiger partial charge on any atom is -0.333 e. The molecule has 1 unspecified atom stereocenters. The van der Waals surface area contributed by atoms with Crippen LogP contribution in [0.1, 0.15) is 30.5 Å². The molecule has 1 atom stereocenters. The van der Waals surface area contributed by atoms with E-state index in [0.717, 1.165) is 26.1 Å². The monoisotopic (exact) mass is 349 g/mol. The molecule has 2 heterocycles. The molecule has 0 radical (unpaired) electrons. The molecular weight excluding hydrogens is 326 g/mol. The Morgan fingerprint density at radius 1 is 1.33 bits per heavy atom. The Balaban J connectivity index is 0.00000208. The number of nitrogens with one attached hydrogen (secondary N) is 1. The molecule has 1 aliphatic heterocycles. The Morgan fingerprint density at radius 3 is 2.79 bits per heavy atom. The summed E-state index contributed by atoms with van der Waals surface area (Å²) in [6.45, 7) is 5.12. The summed E-state index contributed by atoms with van der Waals surface area (Å²) in [6, 6.07) is 8.71. The van der Waals surface area contributed by atoms with E-state index in [4.69, 9.17) is 0 Å². The summed E-state index contributed by atoms with van der Waals surface area (Å²) in [5.41, 5.74) is 2.52. The number of aryl methyl sites for hydroxylation is 2. The largest absolute Gasteiger partial charge is 0.333 e. The summed E-state index contributed by atoms with van der Waals surface area (Å²) >= 11 is 0. The van der Waals surface area contributed by atoms with Crippen LogP contribution in [0.3, 0.4) is 0 Å². The van der Waals surface area contributed by atoms with Crippen molar-refractivity contribution in [3.8, 4) is 0 Å². The SMILES string of the molecule is CCc1ccc(C2CNCCN2C(=O)CCn2ccnn2)cc1.Cl. The fourth-order valence-electron chi connectivity index (χ4n) is 2.98. The van der Waals surface area contributed by atoms with E-state index in [2.05, 4.69) is 46.8 Å². The number of benzene rings is 1. The molecule has 2 aromatic rings. The maximum absolute atomic E-state index is 12.6. The van der Waals surface area contributed by atoms with Crippen molar-refractivity contribution < 1.29 is 4.79 Å². The van der Waals surface area contributed by atoms with Crippen molar-refractivity contribution in [2.75, 3.05) is 19.6 Å². The van der Waals surface area contributed by atoms with Crippen LogP contribution in [0.15, 0.2) is 36.7 Å². The third kappa shape index (κ3) is 4.33. The zero-order chi connectivity index (χ0) is 16.1. The molecule has 1 aliphatic rings. The van der Waals surface area contributed by atoms with Crippen LogP contribution < -0.4 is 5.32 Å². The smallest absolute Gasteiger partial charge is 0.225 e. The molecule has 0 aliphatic carbocycles. The number of aromatic nitrogens is 3. The van der Waals surface area contributed by atoms with Crippen molar-refractivity contribution >= 4 is 18.3 Å². The molecule has 0 bridgehead atoms. The molecule has 1 saturated heterocycles. The molecule has 1 fully saturated rings. The van der Waals surface area contributed by atoms with Gasteiger partial charge >= 0.3 is 0 Å². The van der Waals surface area contributed by atoms with Gasteiger partial charge in [0.2, 0.25) is 5.91 Å². The molecule has 1 N–H and O–H groups in total. The van der Waals surface area contributed by atoms with E-state index in [9.17, 15) is 4.79 Å². The number of carbonyl (C=O) groups is 1. The number of nitrogens with zero attached hydrogens (tertiary/aromatic N) is 4. The summed E-state index contributed by atoms with van der Waals surface area (Å²) in [5.74, 6) is 0.173. The molecule has 3 rings (SSSR count). The predicted molar refractivity (Wildman–Crippen MR) is 95.0 cm³/mol. The number of hydrogen-bond donors (Lipinski definition) is 1. The highest BCUT2D eigenvalue weighted by atomic mass is 35.5. The highest BCUT2D eigenvalue weighted by molar-refractivity contribution is 5.85. The Kier molecular flexibility index (Phi) is 6.75. The first-order valence-electron chi connectivity index (χ1n) is 8.21. The second-order valence-electron chi connectivity index (χ2n) is 5.82. The van der Waals surface area contributed by atoms with Gasteiger partial charge < -0.3 is 10.2 Å². The second kappa shape index (κ2) is 8.80. The average Bonchev–Trinajstić information content (AvgIpc) is 3.13. The molecule has 7 heteroatoms. The second-order valence-corrected chi connectivity index (χ2v) is 5.82. The summed E-state index contributed by atoms with van der Waals surface area (Å²) in [4.78, 5) is 14.6. The molecule has 6 nitrogen and oxygen atoms in total. The van der Waals surface area contributed by atoms with Crippen LogP contribution in [-0.4, -0.2) is 45.4 Å². The predicted octanol–water partition coefficient (Wildman–Crippen LogP) is 1.83. The summed E-state index contributed by atoms with van der Waals surface area (Å²) in [6.07, 6.45) is 4.90. The quantitative estimate of drug-likeness (QED) is 0.894. The maximum atomic E-state index is 12.6. The van der Waals surface area contributed by atoms with Crippen molar-refractivity contribution in [1.29, 1.82) is 0 Å². The van der Waals surface area contributed by atoms with Crippen molar-refractivity contribution in [2.24, 2.45) is 0 Å². The standard InChI is InChI=1S/C17H23N5O.ClH/c1-2-14-3-5-15(6-4-14)16-13-18-8-12-22(16)17(23)7-10-21-11-9-19-20-21;/h3-6,9,11,16,18H,2,7-8,10,12-13H2,1H3;1H. The first-order valence-corrected chi connectivity index (χ1v) is 8.21. The third-order valence-corrected chi connectivity index (χ3v) is 4.36. The van der Waals surface area contributed by atoms with Gasteiger partial charge in [-0.1, -0.05) is 36.4 Å². The van der Waals surface area contributed by atoms with Crippen LogP contribution in [0.5, 0.6) is 0 Å². The topological polar surface area (TPSA) is 63.1 Å². The van der Waals surface area contributed by atoms with Gasteiger partial charge in [-0.05, 0) is 17.5 Å². The zero-order valence-electron chi connectivity index (χ0n) is 13.9. The summed E-state index contributed by atoms with van der Waals surface area (Å²) < 4.78 is 1.70. The summed E-state index contributed by atoms with van der Waals surface area (Å²) in [5, 5.41) is 11.1. The fraction of sp³-hybridized carbons (Fsp3) is 0.471. The van der Waals surface area contributed by atoms with Crippen LogP contribution in [0, 0.1) is 0 Å².